The van der Waals surface area contributed by atoms with Gasteiger partial charge in [0.2, 0.25) is 5.91 Å². The topological polar surface area (TPSA) is 39.3 Å². The summed E-state index contributed by atoms with van der Waals surface area (Å²) < 4.78 is 13.3. The molecule has 2 aromatic rings. The first-order valence-electron chi connectivity index (χ1n) is 8.27. The molecule has 1 fully saturated rings. The quantitative estimate of drug-likeness (QED) is 0.944. The average Bonchev–Trinajstić information content (AvgIpc) is 2.78. The van der Waals surface area contributed by atoms with Gasteiger partial charge < -0.3 is 9.88 Å². The molecule has 1 atom stereocenters. The van der Waals surface area contributed by atoms with Gasteiger partial charge in [0.1, 0.15) is 5.82 Å². The molecule has 5 heteroatoms. The lowest BCUT2D eigenvalue weighted by atomic mass is 10.1. The highest BCUT2D eigenvalue weighted by Crippen LogP contribution is 2.20. The Labute approximate surface area is 136 Å². The first-order chi connectivity index (χ1) is 11.0. The molecular weight excluding hydrogens is 293 g/mol. The number of aromatic nitrogens is 1. The number of likely N-dealkylation sites (tertiary alicyclic amines) is 1. The number of hydrogen-bond acceptors (Lipinski definition) is 2. The van der Waals surface area contributed by atoms with Gasteiger partial charge in [-0.2, -0.15) is 0 Å². The number of aromatic amines is 1. The van der Waals surface area contributed by atoms with Crippen molar-refractivity contribution in [1.82, 2.24) is 14.8 Å². The van der Waals surface area contributed by atoms with Gasteiger partial charge in [-0.05, 0) is 50.7 Å². The number of nitrogens with one attached hydrogen (secondary N) is 1. The van der Waals surface area contributed by atoms with Crippen molar-refractivity contribution in [2.75, 3.05) is 20.6 Å². The molecule has 1 aliphatic heterocycles. The first kappa shape index (κ1) is 16.0. The molecule has 4 nitrogen and oxygen atoms in total. The van der Waals surface area contributed by atoms with E-state index in [1.54, 1.807) is 11.0 Å². The molecule has 0 radical (unpaired) electrons. The van der Waals surface area contributed by atoms with Crippen LogP contribution in [0.15, 0.2) is 24.3 Å². The lowest BCUT2D eigenvalue weighted by molar-refractivity contribution is -0.135. The molecule has 0 unspecified atom stereocenters. The van der Waals surface area contributed by atoms with Gasteiger partial charge in [-0.1, -0.05) is 12.8 Å². The second kappa shape index (κ2) is 6.71. The Balaban J connectivity index is 1.71. The van der Waals surface area contributed by atoms with Crippen LogP contribution in [0.25, 0.3) is 10.9 Å². The number of carbonyl (C=O) groups is 1. The van der Waals surface area contributed by atoms with Crippen LogP contribution in [0.1, 0.15) is 31.4 Å². The highest BCUT2D eigenvalue weighted by atomic mass is 19.1. The third-order valence-corrected chi connectivity index (χ3v) is 4.73. The Morgan fingerprint density at radius 2 is 2.17 bits per heavy atom. The molecule has 1 saturated heterocycles. The smallest absolute Gasteiger partial charge is 0.240 e. The first-order valence-corrected chi connectivity index (χ1v) is 8.27. The number of benzene rings is 1. The maximum Gasteiger partial charge on any atom is 0.240 e. The molecule has 124 valence electrons. The third-order valence-electron chi connectivity index (χ3n) is 4.73. The van der Waals surface area contributed by atoms with Gasteiger partial charge >= 0.3 is 0 Å². The van der Waals surface area contributed by atoms with Gasteiger partial charge in [0.25, 0.3) is 0 Å². The fourth-order valence-electron chi connectivity index (χ4n) is 3.40. The van der Waals surface area contributed by atoms with Gasteiger partial charge in [0.05, 0.1) is 12.6 Å². The maximum absolute atomic E-state index is 13.3. The normalized spacial score (nSPS) is 19.7. The fourth-order valence-corrected chi connectivity index (χ4v) is 3.40. The van der Waals surface area contributed by atoms with E-state index >= 15 is 0 Å². The predicted octanol–water partition coefficient (Wildman–Crippen LogP) is 3.14. The van der Waals surface area contributed by atoms with E-state index in [9.17, 15) is 9.18 Å². The molecule has 0 saturated carbocycles. The number of H-pyrrole nitrogens is 1. The fraction of sp³-hybridized carbons (Fsp3) is 0.500. The summed E-state index contributed by atoms with van der Waals surface area (Å²) in [6.07, 6.45) is 4.40. The Hall–Kier alpha value is -1.88. The molecule has 2 heterocycles. The Kier molecular flexibility index (Phi) is 4.66. The second-order valence-corrected chi connectivity index (χ2v) is 6.57. The van der Waals surface area contributed by atoms with E-state index in [4.69, 9.17) is 0 Å². The minimum Gasteiger partial charge on any atom is -0.357 e. The van der Waals surface area contributed by atoms with Crippen molar-refractivity contribution in [1.29, 1.82) is 0 Å². The van der Waals surface area contributed by atoms with E-state index < -0.39 is 0 Å². The number of amides is 1. The van der Waals surface area contributed by atoms with E-state index in [-0.39, 0.29) is 17.8 Å². The molecular formula is C18H24FN3O. The van der Waals surface area contributed by atoms with Gasteiger partial charge in [-0.25, -0.2) is 4.39 Å². The molecule has 3 rings (SSSR count). The number of hydrogen-bond donors (Lipinski definition) is 1. The van der Waals surface area contributed by atoms with E-state index in [0.29, 0.717) is 6.54 Å². The second-order valence-electron chi connectivity index (χ2n) is 6.57. The monoisotopic (exact) mass is 317 g/mol. The van der Waals surface area contributed by atoms with Gasteiger partial charge in [-0.3, -0.25) is 9.69 Å². The molecule has 0 spiro atoms. The van der Waals surface area contributed by atoms with Crippen molar-refractivity contribution in [3.63, 3.8) is 0 Å². The molecule has 1 N–H and O–H groups in total. The summed E-state index contributed by atoms with van der Waals surface area (Å²) in [5.41, 5.74) is 1.83. The number of rotatable bonds is 3. The summed E-state index contributed by atoms with van der Waals surface area (Å²) in [7, 11) is 3.88. The summed E-state index contributed by atoms with van der Waals surface area (Å²) >= 11 is 0. The van der Waals surface area contributed by atoms with Crippen molar-refractivity contribution in [2.24, 2.45) is 0 Å². The van der Waals surface area contributed by atoms with Gasteiger partial charge in [0.15, 0.2) is 0 Å². The molecule has 1 aromatic heterocycles. The van der Waals surface area contributed by atoms with E-state index in [1.165, 1.54) is 18.6 Å². The summed E-state index contributed by atoms with van der Waals surface area (Å²) in [4.78, 5) is 20.0. The van der Waals surface area contributed by atoms with Gasteiger partial charge in [0, 0.05) is 23.6 Å². The maximum atomic E-state index is 13.3. The van der Waals surface area contributed by atoms with E-state index in [1.807, 2.05) is 20.2 Å². The lowest BCUT2D eigenvalue weighted by Crippen LogP contribution is -2.45. The zero-order valence-corrected chi connectivity index (χ0v) is 13.8. The summed E-state index contributed by atoms with van der Waals surface area (Å²) in [5, 5.41) is 0.840. The highest BCUT2D eigenvalue weighted by molar-refractivity contribution is 5.83. The Morgan fingerprint density at radius 1 is 1.35 bits per heavy atom. The lowest BCUT2D eigenvalue weighted by Gasteiger charge is -2.29. The SMILES string of the molecule is CN(Cc1cc2cc(F)ccc2[nH]1)C(=O)[C@H]1CCCCCN1C. The minimum absolute atomic E-state index is 0.0238. The van der Waals surface area contributed by atoms with Crippen LogP contribution in [0.2, 0.25) is 0 Å². The van der Waals surface area contributed by atoms with Crippen LogP contribution in [0.4, 0.5) is 4.39 Å². The minimum atomic E-state index is -0.243. The molecule has 23 heavy (non-hydrogen) atoms. The Morgan fingerprint density at radius 3 is 3.00 bits per heavy atom. The molecule has 1 aromatic carbocycles. The van der Waals surface area contributed by atoms with Crippen LogP contribution in [-0.2, 0) is 11.3 Å². The molecule has 0 bridgehead atoms. The van der Waals surface area contributed by atoms with Crippen LogP contribution >= 0.6 is 0 Å². The van der Waals surface area contributed by atoms with Crippen molar-refractivity contribution < 1.29 is 9.18 Å². The number of halogens is 1. The van der Waals surface area contributed by atoms with E-state index in [0.717, 1.165) is 42.4 Å². The van der Waals surface area contributed by atoms with Gasteiger partial charge in [-0.15, -0.1) is 0 Å². The summed E-state index contributed by atoms with van der Waals surface area (Å²) in [6.45, 7) is 1.50. The number of likely N-dealkylation sites (N-methyl/N-ethyl adjacent to an activating group) is 2. The third kappa shape index (κ3) is 3.55. The van der Waals surface area contributed by atoms with Crippen LogP contribution in [0, 0.1) is 5.82 Å². The van der Waals surface area contributed by atoms with Crippen molar-refractivity contribution in [2.45, 2.75) is 38.3 Å². The molecule has 1 amide bonds. The summed E-state index contributed by atoms with van der Waals surface area (Å²) in [5.74, 6) is -0.0770. The number of carbonyl (C=O) groups excluding carboxylic acids is 1. The van der Waals surface area contributed by atoms with E-state index in [2.05, 4.69) is 9.88 Å². The Bertz CT molecular complexity index is 697. The predicted molar refractivity (Wildman–Crippen MR) is 89.6 cm³/mol. The van der Waals surface area contributed by atoms with Crippen molar-refractivity contribution >= 4 is 16.8 Å². The number of fused-ring (bicyclic) bond motifs is 1. The average molecular weight is 317 g/mol. The molecule has 0 aliphatic carbocycles. The van der Waals surface area contributed by atoms with Crippen LogP contribution in [0.5, 0.6) is 0 Å². The van der Waals surface area contributed by atoms with Crippen molar-refractivity contribution in [3.8, 4) is 0 Å². The van der Waals surface area contributed by atoms with Crippen molar-refractivity contribution in [3.05, 3.63) is 35.8 Å². The zero-order valence-electron chi connectivity index (χ0n) is 13.8. The number of nitrogens with zero attached hydrogens (tertiary/aromatic N) is 2. The molecule has 1 aliphatic rings. The zero-order chi connectivity index (χ0) is 16.4. The van der Waals surface area contributed by atoms with Crippen LogP contribution < -0.4 is 0 Å². The summed E-state index contributed by atoms with van der Waals surface area (Å²) in [6, 6.07) is 6.58. The highest BCUT2D eigenvalue weighted by Gasteiger charge is 2.27. The van der Waals surface area contributed by atoms with Crippen LogP contribution in [-0.4, -0.2) is 47.4 Å². The largest absolute Gasteiger partial charge is 0.357 e. The van der Waals surface area contributed by atoms with Crippen LogP contribution in [0.3, 0.4) is 0 Å². The standard InChI is InChI=1S/C18H24FN3O/c1-21-9-5-3-4-6-17(21)18(23)22(2)12-15-11-13-10-14(19)7-8-16(13)20-15/h7-8,10-11,17,20H,3-6,9,12H2,1-2H3/t17-/m1/s1.